The van der Waals surface area contributed by atoms with Gasteiger partial charge in [-0.15, -0.1) is 5.10 Å². The van der Waals surface area contributed by atoms with Gasteiger partial charge in [0.1, 0.15) is 0 Å². The molecule has 0 atom stereocenters. The number of rotatable bonds is 4. The van der Waals surface area contributed by atoms with Gasteiger partial charge in [0.25, 0.3) is 5.91 Å². The highest BCUT2D eigenvalue weighted by molar-refractivity contribution is 5.90. The van der Waals surface area contributed by atoms with Crippen LogP contribution in [-0.4, -0.2) is 20.9 Å². The van der Waals surface area contributed by atoms with Crippen LogP contribution >= 0.6 is 0 Å². The Morgan fingerprint density at radius 1 is 1.75 bits per heavy atom. The largest absolute Gasteiger partial charge is 0.364 e. The molecule has 1 aromatic rings. The van der Waals surface area contributed by atoms with Crippen LogP contribution in [0.1, 0.15) is 30.3 Å². The summed E-state index contributed by atoms with van der Waals surface area (Å²) in [7, 11) is 0. The Morgan fingerprint density at radius 2 is 2.50 bits per heavy atom. The Balaban J connectivity index is 2.58. The SMILES string of the molecule is CCCCn1ncc(C(N)=O)n1. The number of carbonyl (C=O) groups is 1. The van der Waals surface area contributed by atoms with Gasteiger partial charge in [-0.1, -0.05) is 13.3 Å². The number of aromatic nitrogens is 3. The van der Waals surface area contributed by atoms with E-state index in [1.807, 2.05) is 0 Å². The van der Waals surface area contributed by atoms with E-state index in [-0.39, 0.29) is 5.69 Å². The normalized spacial score (nSPS) is 10.1. The molecule has 12 heavy (non-hydrogen) atoms. The molecular weight excluding hydrogens is 156 g/mol. The Hall–Kier alpha value is -1.39. The summed E-state index contributed by atoms with van der Waals surface area (Å²) in [5.41, 5.74) is 5.23. The fourth-order valence-electron chi connectivity index (χ4n) is 0.818. The molecule has 0 aliphatic carbocycles. The highest BCUT2D eigenvalue weighted by Crippen LogP contribution is 1.93. The highest BCUT2D eigenvalue weighted by Gasteiger charge is 2.04. The van der Waals surface area contributed by atoms with Crippen molar-refractivity contribution in [1.82, 2.24) is 15.0 Å². The summed E-state index contributed by atoms with van der Waals surface area (Å²) in [5.74, 6) is -0.530. The number of amides is 1. The highest BCUT2D eigenvalue weighted by atomic mass is 16.1. The van der Waals surface area contributed by atoms with Crippen molar-refractivity contribution in [2.75, 3.05) is 0 Å². The molecule has 0 fully saturated rings. The van der Waals surface area contributed by atoms with Gasteiger partial charge in [-0.2, -0.15) is 9.90 Å². The van der Waals surface area contributed by atoms with Crippen molar-refractivity contribution in [2.24, 2.45) is 5.73 Å². The molecule has 1 amide bonds. The van der Waals surface area contributed by atoms with Gasteiger partial charge in [-0.25, -0.2) is 0 Å². The van der Waals surface area contributed by atoms with Gasteiger partial charge in [-0.3, -0.25) is 4.79 Å². The maximum absolute atomic E-state index is 10.6. The second-order valence-corrected chi connectivity index (χ2v) is 2.54. The van der Waals surface area contributed by atoms with E-state index in [0.717, 1.165) is 19.4 Å². The fraction of sp³-hybridized carbons (Fsp3) is 0.571. The molecule has 0 aliphatic heterocycles. The van der Waals surface area contributed by atoms with Gasteiger partial charge in [0.2, 0.25) is 0 Å². The lowest BCUT2D eigenvalue weighted by atomic mass is 10.3. The summed E-state index contributed by atoms with van der Waals surface area (Å²) in [4.78, 5) is 12.1. The molecule has 66 valence electrons. The van der Waals surface area contributed by atoms with Crippen LogP contribution < -0.4 is 5.73 Å². The molecule has 0 bridgehead atoms. The van der Waals surface area contributed by atoms with Crippen molar-refractivity contribution < 1.29 is 4.79 Å². The summed E-state index contributed by atoms with van der Waals surface area (Å²) in [6.07, 6.45) is 3.47. The molecule has 0 radical (unpaired) electrons. The number of hydrogen-bond acceptors (Lipinski definition) is 3. The first-order valence-electron chi connectivity index (χ1n) is 3.94. The zero-order valence-corrected chi connectivity index (χ0v) is 7.03. The van der Waals surface area contributed by atoms with Gasteiger partial charge in [0.05, 0.1) is 12.7 Å². The Labute approximate surface area is 70.6 Å². The summed E-state index contributed by atoms with van der Waals surface area (Å²) in [5, 5.41) is 7.76. The van der Waals surface area contributed by atoms with Gasteiger partial charge < -0.3 is 5.73 Å². The number of aryl methyl sites for hydroxylation is 1. The lowest BCUT2D eigenvalue weighted by Gasteiger charge is -1.94. The molecule has 0 spiro atoms. The fourth-order valence-corrected chi connectivity index (χ4v) is 0.818. The first-order chi connectivity index (χ1) is 5.74. The summed E-state index contributed by atoms with van der Waals surface area (Å²) in [6, 6.07) is 0. The predicted molar refractivity (Wildman–Crippen MR) is 43.4 cm³/mol. The molecule has 1 rings (SSSR count). The zero-order chi connectivity index (χ0) is 8.97. The van der Waals surface area contributed by atoms with E-state index in [1.54, 1.807) is 0 Å². The number of unbranched alkanes of at least 4 members (excludes halogenated alkanes) is 1. The number of nitrogens with two attached hydrogens (primary N) is 1. The van der Waals surface area contributed by atoms with E-state index < -0.39 is 5.91 Å². The van der Waals surface area contributed by atoms with Crippen LogP contribution in [0.4, 0.5) is 0 Å². The third-order valence-corrected chi connectivity index (χ3v) is 1.50. The second-order valence-electron chi connectivity index (χ2n) is 2.54. The monoisotopic (exact) mass is 168 g/mol. The maximum Gasteiger partial charge on any atom is 0.270 e. The standard InChI is InChI=1S/C7H12N4O/c1-2-3-4-11-9-5-6(10-11)7(8)12/h5H,2-4H2,1H3,(H2,8,12). The van der Waals surface area contributed by atoms with Crippen molar-refractivity contribution in [3.63, 3.8) is 0 Å². The molecule has 1 heterocycles. The molecule has 0 aliphatic rings. The van der Waals surface area contributed by atoms with Crippen LogP contribution in [0, 0.1) is 0 Å². The molecule has 0 saturated heterocycles. The van der Waals surface area contributed by atoms with E-state index in [9.17, 15) is 4.79 Å². The molecule has 0 unspecified atom stereocenters. The molecule has 0 saturated carbocycles. The third-order valence-electron chi connectivity index (χ3n) is 1.50. The van der Waals surface area contributed by atoms with Crippen LogP contribution in [0.3, 0.4) is 0 Å². The van der Waals surface area contributed by atoms with Gasteiger partial charge >= 0.3 is 0 Å². The zero-order valence-electron chi connectivity index (χ0n) is 7.03. The van der Waals surface area contributed by atoms with E-state index in [4.69, 9.17) is 5.73 Å². The van der Waals surface area contributed by atoms with E-state index in [1.165, 1.54) is 11.0 Å². The van der Waals surface area contributed by atoms with Crippen molar-refractivity contribution in [3.05, 3.63) is 11.9 Å². The minimum atomic E-state index is -0.530. The first-order valence-corrected chi connectivity index (χ1v) is 3.94. The van der Waals surface area contributed by atoms with E-state index in [2.05, 4.69) is 17.1 Å². The van der Waals surface area contributed by atoms with Crippen molar-refractivity contribution >= 4 is 5.91 Å². The third kappa shape index (κ3) is 2.05. The Bertz CT molecular complexity index is 268. The number of carbonyl (C=O) groups excluding carboxylic acids is 1. The second kappa shape index (κ2) is 3.85. The van der Waals surface area contributed by atoms with Crippen LogP contribution in [0.25, 0.3) is 0 Å². The molecule has 2 N–H and O–H groups in total. The summed E-state index contributed by atoms with van der Waals surface area (Å²) < 4.78 is 0. The van der Waals surface area contributed by atoms with Crippen molar-refractivity contribution in [2.45, 2.75) is 26.3 Å². The Morgan fingerprint density at radius 3 is 3.00 bits per heavy atom. The quantitative estimate of drug-likeness (QED) is 0.696. The van der Waals surface area contributed by atoms with Crippen molar-refractivity contribution in [3.8, 4) is 0 Å². The van der Waals surface area contributed by atoms with Crippen LogP contribution in [0.2, 0.25) is 0 Å². The average Bonchev–Trinajstić information content (AvgIpc) is 2.48. The molecular formula is C7H12N4O. The lowest BCUT2D eigenvalue weighted by Crippen LogP contribution is -2.12. The van der Waals surface area contributed by atoms with Gasteiger partial charge in [0, 0.05) is 0 Å². The lowest BCUT2D eigenvalue weighted by molar-refractivity contribution is 0.0994. The smallest absolute Gasteiger partial charge is 0.270 e. The molecule has 5 heteroatoms. The van der Waals surface area contributed by atoms with Crippen LogP contribution in [-0.2, 0) is 6.54 Å². The minimum Gasteiger partial charge on any atom is -0.364 e. The number of nitrogens with zero attached hydrogens (tertiary/aromatic N) is 3. The first kappa shape index (κ1) is 8.70. The molecule has 1 aromatic heterocycles. The minimum absolute atomic E-state index is 0.228. The number of primary amides is 1. The summed E-state index contributed by atoms with van der Waals surface area (Å²) in [6.45, 7) is 2.82. The van der Waals surface area contributed by atoms with Crippen LogP contribution in [0.15, 0.2) is 6.20 Å². The van der Waals surface area contributed by atoms with Gasteiger partial charge in [-0.05, 0) is 6.42 Å². The van der Waals surface area contributed by atoms with E-state index >= 15 is 0 Å². The predicted octanol–water partition coefficient (Wildman–Crippen LogP) is 0.177. The van der Waals surface area contributed by atoms with Crippen LogP contribution in [0.5, 0.6) is 0 Å². The molecule has 0 aromatic carbocycles. The van der Waals surface area contributed by atoms with Crippen molar-refractivity contribution in [1.29, 1.82) is 0 Å². The van der Waals surface area contributed by atoms with Gasteiger partial charge in [0.15, 0.2) is 5.69 Å². The summed E-state index contributed by atoms with van der Waals surface area (Å²) >= 11 is 0. The van der Waals surface area contributed by atoms with E-state index in [0.29, 0.717) is 0 Å². The maximum atomic E-state index is 10.6. The topological polar surface area (TPSA) is 73.8 Å². The molecule has 5 nitrogen and oxygen atoms in total. The average molecular weight is 168 g/mol. The Kier molecular flexibility index (Phi) is 2.79. The number of hydrogen-bond donors (Lipinski definition) is 1.